The minimum atomic E-state index is -0.510. The van der Waals surface area contributed by atoms with E-state index in [4.69, 9.17) is 9.72 Å². The molecule has 1 aliphatic rings. The predicted molar refractivity (Wildman–Crippen MR) is 105 cm³/mol. The van der Waals surface area contributed by atoms with Gasteiger partial charge in [-0.3, -0.25) is 4.79 Å². The Labute approximate surface area is 162 Å². The number of rotatable bonds is 4. The second kappa shape index (κ2) is 7.58. The number of aryl methyl sites for hydroxylation is 3. The van der Waals surface area contributed by atoms with Crippen molar-refractivity contribution in [3.8, 4) is 5.75 Å². The van der Waals surface area contributed by atoms with Crippen LogP contribution in [0.15, 0.2) is 24.3 Å². The van der Waals surface area contributed by atoms with E-state index in [2.05, 4.69) is 14.9 Å². The molecular formula is C21H23FN4O2. The van der Waals surface area contributed by atoms with Crippen molar-refractivity contribution < 1.29 is 13.9 Å². The molecule has 0 unspecified atom stereocenters. The molecule has 3 heterocycles. The molecule has 0 radical (unpaired) electrons. The lowest BCUT2D eigenvalue weighted by molar-refractivity contribution is 0.102. The van der Waals surface area contributed by atoms with Gasteiger partial charge in [-0.1, -0.05) is 6.42 Å². The Morgan fingerprint density at radius 1 is 1.25 bits per heavy atom. The normalized spacial score (nSPS) is 13.8. The van der Waals surface area contributed by atoms with Crippen molar-refractivity contribution in [2.24, 2.45) is 0 Å². The number of halogens is 1. The summed E-state index contributed by atoms with van der Waals surface area (Å²) in [7, 11) is 0. The number of carbonyl (C=O) groups excluding carboxylic acids is 1. The number of ether oxygens (including phenoxy) is 1. The summed E-state index contributed by atoms with van der Waals surface area (Å²) >= 11 is 0. The maximum atomic E-state index is 14.1. The fraction of sp³-hybridized carbons (Fsp3) is 0.381. The van der Waals surface area contributed by atoms with Gasteiger partial charge in [0.2, 0.25) is 0 Å². The first-order valence-corrected chi connectivity index (χ1v) is 9.67. The molecule has 0 aliphatic carbocycles. The average Bonchev–Trinajstić information content (AvgIpc) is 2.85. The van der Waals surface area contributed by atoms with Gasteiger partial charge in [-0.15, -0.1) is 0 Å². The van der Waals surface area contributed by atoms with E-state index in [1.807, 2.05) is 6.92 Å². The number of anilines is 1. The molecule has 0 saturated heterocycles. The number of nitrogens with zero attached hydrogens (tertiary/aromatic N) is 3. The second-order valence-electron chi connectivity index (χ2n) is 7.01. The number of fused-ring (bicyclic) bond motifs is 3. The molecule has 146 valence electrons. The molecule has 28 heavy (non-hydrogen) atoms. The molecule has 6 nitrogen and oxygen atoms in total. The van der Waals surface area contributed by atoms with Crippen LogP contribution in [0.3, 0.4) is 0 Å². The summed E-state index contributed by atoms with van der Waals surface area (Å²) in [4.78, 5) is 22.3. The Morgan fingerprint density at radius 2 is 2.11 bits per heavy atom. The van der Waals surface area contributed by atoms with Gasteiger partial charge in [-0.2, -0.15) is 0 Å². The Hall–Kier alpha value is -2.96. The highest BCUT2D eigenvalue weighted by atomic mass is 19.1. The van der Waals surface area contributed by atoms with Crippen LogP contribution in [0.2, 0.25) is 0 Å². The number of amides is 1. The summed E-state index contributed by atoms with van der Waals surface area (Å²) in [5.74, 6) is 0.309. The SMILES string of the molecule is CCOc1ccc(NC(=O)c2cc(C)nc3c2nc2n3CCCCC2)cc1F. The molecule has 7 heteroatoms. The van der Waals surface area contributed by atoms with Crippen molar-refractivity contribution in [3.05, 3.63) is 47.2 Å². The maximum Gasteiger partial charge on any atom is 0.258 e. The van der Waals surface area contributed by atoms with Crippen LogP contribution in [0.1, 0.15) is 48.1 Å². The largest absolute Gasteiger partial charge is 0.491 e. The first kappa shape index (κ1) is 18.4. The standard InChI is InChI=1S/C21H23FN4O2/c1-3-28-17-9-8-14(12-16(17)22)24-21(27)15-11-13(2)23-20-19(15)25-18-7-5-4-6-10-26(18)20/h8-9,11-12H,3-7,10H2,1-2H3,(H,24,27). The molecule has 0 atom stereocenters. The fourth-order valence-corrected chi connectivity index (χ4v) is 3.64. The summed E-state index contributed by atoms with van der Waals surface area (Å²) in [5, 5.41) is 2.77. The van der Waals surface area contributed by atoms with Crippen LogP contribution in [-0.2, 0) is 13.0 Å². The number of carbonyl (C=O) groups is 1. The summed E-state index contributed by atoms with van der Waals surface area (Å²) in [6.07, 6.45) is 4.24. The minimum absolute atomic E-state index is 0.167. The first-order chi connectivity index (χ1) is 13.6. The van der Waals surface area contributed by atoms with Crippen LogP contribution >= 0.6 is 0 Å². The smallest absolute Gasteiger partial charge is 0.258 e. The van der Waals surface area contributed by atoms with E-state index in [0.29, 0.717) is 23.4 Å². The molecule has 1 N–H and O–H groups in total. The zero-order chi connectivity index (χ0) is 19.7. The molecular weight excluding hydrogens is 359 g/mol. The number of hydrogen-bond donors (Lipinski definition) is 1. The lowest BCUT2D eigenvalue weighted by atomic mass is 10.1. The third-order valence-electron chi connectivity index (χ3n) is 4.93. The molecule has 0 fully saturated rings. The van der Waals surface area contributed by atoms with Crippen molar-refractivity contribution >= 4 is 22.8 Å². The van der Waals surface area contributed by atoms with Gasteiger partial charge in [0.25, 0.3) is 5.91 Å². The van der Waals surface area contributed by atoms with Crippen molar-refractivity contribution in [1.29, 1.82) is 0 Å². The van der Waals surface area contributed by atoms with Crippen LogP contribution < -0.4 is 10.1 Å². The lowest BCUT2D eigenvalue weighted by Crippen LogP contribution is -2.14. The monoisotopic (exact) mass is 382 g/mol. The number of benzene rings is 1. The molecule has 1 amide bonds. The van der Waals surface area contributed by atoms with Crippen molar-refractivity contribution in [2.75, 3.05) is 11.9 Å². The number of pyridine rings is 1. The maximum absolute atomic E-state index is 14.1. The number of aromatic nitrogens is 3. The molecule has 1 aromatic carbocycles. The number of hydrogen-bond acceptors (Lipinski definition) is 4. The van der Waals surface area contributed by atoms with E-state index in [-0.39, 0.29) is 11.7 Å². The predicted octanol–water partition coefficient (Wildman–Crippen LogP) is 4.26. The third-order valence-corrected chi connectivity index (χ3v) is 4.93. The topological polar surface area (TPSA) is 69.0 Å². The zero-order valence-electron chi connectivity index (χ0n) is 16.1. The van der Waals surface area contributed by atoms with Crippen molar-refractivity contribution in [1.82, 2.24) is 14.5 Å². The highest BCUT2D eigenvalue weighted by Crippen LogP contribution is 2.26. The van der Waals surface area contributed by atoms with Gasteiger partial charge in [0.05, 0.1) is 12.2 Å². The van der Waals surface area contributed by atoms with Crippen LogP contribution in [0.5, 0.6) is 5.75 Å². The van der Waals surface area contributed by atoms with Gasteiger partial charge in [-0.05, 0) is 44.9 Å². The molecule has 0 saturated carbocycles. The van der Waals surface area contributed by atoms with Crippen LogP contribution in [0, 0.1) is 12.7 Å². The summed E-state index contributed by atoms with van der Waals surface area (Å²) < 4.78 is 21.4. The molecule has 1 aliphatic heterocycles. The van der Waals surface area contributed by atoms with Gasteiger partial charge in [0.15, 0.2) is 17.2 Å². The second-order valence-corrected chi connectivity index (χ2v) is 7.01. The highest BCUT2D eigenvalue weighted by Gasteiger charge is 2.21. The van der Waals surface area contributed by atoms with Crippen molar-refractivity contribution in [2.45, 2.75) is 46.1 Å². The van der Waals surface area contributed by atoms with Crippen LogP contribution in [0.4, 0.5) is 10.1 Å². The molecule has 0 spiro atoms. The van der Waals surface area contributed by atoms with Gasteiger partial charge in [-0.25, -0.2) is 14.4 Å². The fourth-order valence-electron chi connectivity index (χ4n) is 3.64. The van der Waals surface area contributed by atoms with E-state index in [0.717, 1.165) is 43.0 Å². The Kier molecular flexibility index (Phi) is 4.98. The minimum Gasteiger partial charge on any atom is -0.491 e. The van der Waals surface area contributed by atoms with Crippen molar-refractivity contribution in [3.63, 3.8) is 0 Å². The lowest BCUT2D eigenvalue weighted by Gasteiger charge is -2.10. The Bertz CT molecular complexity index is 1040. The number of nitrogens with one attached hydrogen (secondary N) is 1. The molecule has 0 bridgehead atoms. The molecule has 4 rings (SSSR count). The summed E-state index contributed by atoms with van der Waals surface area (Å²) in [6, 6.07) is 6.13. The quantitative estimate of drug-likeness (QED) is 0.732. The van der Waals surface area contributed by atoms with Gasteiger partial charge in [0, 0.05) is 30.4 Å². The average molecular weight is 382 g/mol. The molecule has 2 aromatic heterocycles. The van der Waals surface area contributed by atoms with Gasteiger partial charge >= 0.3 is 0 Å². The number of imidazole rings is 1. The Balaban J connectivity index is 1.68. The van der Waals surface area contributed by atoms with E-state index >= 15 is 0 Å². The van der Waals surface area contributed by atoms with E-state index in [9.17, 15) is 9.18 Å². The highest BCUT2D eigenvalue weighted by molar-refractivity contribution is 6.11. The zero-order valence-corrected chi connectivity index (χ0v) is 16.1. The van der Waals surface area contributed by atoms with Crippen LogP contribution in [-0.4, -0.2) is 27.0 Å². The summed E-state index contributed by atoms with van der Waals surface area (Å²) in [5.41, 5.74) is 2.93. The first-order valence-electron chi connectivity index (χ1n) is 9.67. The van der Waals surface area contributed by atoms with Crippen LogP contribution in [0.25, 0.3) is 11.2 Å². The van der Waals surface area contributed by atoms with Gasteiger partial charge in [0.1, 0.15) is 11.3 Å². The van der Waals surface area contributed by atoms with E-state index < -0.39 is 5.82 Å². The Morgan fingerprint density at radius 3 is 2.89 bits per heavy atom. The van der Waals surface area contributed by atoms with E-state index in [1.165, 1.54) is 18.6 Å². The van der Waals surface area contributed by atoms with E-state index in [1.54, 1.807) is 19.1 Å². The third kappa shape index (κ3) is 3.44. The molecule has 3 aromatic rings. The van der Waals surface area contributed by atoms with Gasteiger partial charge < -0.3 is 14.6 Å². The summed E-state index contributed by atoms with van der Waals surface area (Å²) in [6.45, 7) is 4.90.